The number of benzene rings is 2. The molecule has 32 heavy (non-hydrogen) atoms. The Balaban J connectivity index is 2.20. The van der Waals surface area contributed by atoms with E-state index in [2.05, 4.69) is 41.5 Å². The number of carbonyl (C=O) groups excluding carboxylic acids is 1. The van der Waals surface area contributed by atoms with Crippen LogP contribution in [0.5, 0.6) is 11.5 Å². The number of esters is 1. The highest BCUT2D eigenvalue weighted by Gasteiger charge is 2.46. The van der Waals surface area contributed by atoms with Gasteiger partial charge in [-0.3, -0.25) is 10.1 Å². The third kappa shape index (κ3) is 5.48. The maximum absolute atomic E-state index is 11.8. The Labute approximate surface area is 191 Å². The van der Waals surface area contributed by atoms with Gasteiger partial charge in [-0.25, -0.2) is 4.79 Å². The maximum atomic E-state index is 11.8. The lowest BCUT2D eigenvalue weighted by Gasteiger charge is -2.42. The van der Waals surface area contributed by atoms with E-state index in [9.17, 15) is 14.9 Å². The van der Waals surface area contributed by atoms with E-state index in [-0.39, 0.29) is 17.9 Å². The molecule has 0 saturated carbocycles. The van der Waals surface area contributed by atoms with Gasteiger partial charge in [-0.05, 0) is 53.0 Å². The Bertz CT molecular complexity index is 918. The van der Waals surface area contributed by atoms with E-state index in [1.807, 2.05) is 12.1 Å². The summed E-state index contributed by atoms with van der Waals surface area (Å²) >= 11 is 0. The summed E-state index contributed by atoms with van der Waals surface area (Å²) in [7, 11) is -0.795. The molecule has 0 aliphatic carbocycles. The molecule has 0 aromatic heterocycles. The van der Waals surface area contributed by atoms with E-state index < -0.39 is 19.2 Å². The lowest BCUT2D eigenvalue weighted by Crippen LogP contribution is -2.50. The predicted octanol–water partition coefficient (Wildman–Crippen LogP) is 6.51. The summed E-state index contributed by atoms with van der Waals surface area (Å²) in [6.45, 7) is 13.4. The van der Waals surface area contributed by atoms with E-state index in [0.717, 1.165) is 5.75 Å². The molecule has 0 heterocycles. The molecule has 0 aliphatic heterocycles. The number of nitro benzene ring substituents is 1. The van der Waals surface area contributed by atoms with Crippen LogP contribution in [0.4, 0.5) is 5.69 Å². The lowest BCUT2D eigenvalue weighted by atomic mass is 10.1. The smallest absolute Gasteiger partial charge is 0.337 e. The number of ether oxygens (including phenoxy) is 2. The van der Waals surface area contributed by atoms with Gasteiger partial charge in [0.15, 0.2) is 0 Å². The van der Waals surface area contributed by atoms with Crippen molar-refractivity contribution in [2.75, 3.05) is 7.11 Å². The van der Waals surface area contributed by atoms with E-state index in [4.69, 9.17) is 13.9 Å². The second-order valence-electron chi connectivity index (χ2n) is 8.77. The van der Waals surface area contributed by atoms with Crippen LogP contribution in [0.2, 0.25) is 16.6 Å². The maximum Gasteiger partial charge on any atom is 0.337 e. The summed E-state index contributed by atoms with van der Waals surface area (Å²) in [4.78, 5) is 22.6. The molecule has 0 N–H and O–H groups in total. The van der Waals surface area contributed by atoms with Crippen LogP contribution in [0.3, 0.4) is 0 Å². The predicted molar refractivity (Wildman–Crippen MR) is 127 cm³/mol. The average molecular weight is 460 g/mol. The first-order chi connectivity index (χ1) is 15.0. The molecule has 0 radical (unpaired) electrons. The van der Waals surface area contributed by atoms with Crippen molar-refractivity contribution in [2.45, 2.75) is 64.8 Å². The van der Waals surface area contributed by atoms with Crippen LogP contribution in [-0.2, 0) is 11.3 Å². The normalized spacial score (nSPS) is 11.7. The summed E-state index contributed by atoms with van der Waals surface area (Å²) in [5.41, 5.74) is 1.80. The van der Waals surface area contributed by atoms with Crippen LogP contribution in [-0.4, -0.2) is 26.3 Å². The SMILES string of the molecule is COC(=O)c1ccc([N+](=O)[O-])c(COc2ccc(O[Si](C(C)C)(C(C)C)C(C)C)cc2)c1. The van der Waals surface area contributed by atoms with Crippen LogP contribution in [0, 0.1) is 10.1 Å². The second-order valence-corrected chi connectivity index (χ2v) is 14.1. The first-order valence-electron chi connectivity index (χ1n) is 10.8. The Morgan fingerprint density at radius 2 is 1.47 bits per heavy atom. The van der Waals surface area contributed by atoms with Gasteiger partial charge >= 0.3 is 5.97 Å². The van der Waals surface area contributed by atoms with Gasteiger partial charge in [-0.2, -0.15) is 0 Å². The van der Waals surface area contributed by atoms with Crippen LogP contribution in [0.1, 0.15) is 57.5 Å². The molecular weight excluding hydrogens is 426 g/mol. The van der Waals surface area contributed by atoms with Crippen molar-refractivity contribution >= 4 is 20.0 Å². The number of nitro groups is 1. The first kappa shape index (κ1) is 25.4. The Kier molecular flexibility index (Phi) is 8.43. The van der Waals surface area contributed by atoms with Gasteiger partial charge in [-0.1, -0.05) is 41.5 Å². The van der Waals surface area contributed by atoms with Crippen LogP contribution in [0.15, 0.2) is 42.5 Å². The number of hydrogen-bond acceptors (Lipinski definition) is 6. The zero-order valence-electron chi connectivity index (χ0n) is 19.9. The summed E-state index contributed by atoms with van der Waals surface area (Å²) in [5, 5.41) is 11.3. The third-order valence-corrected chi connectivity index (χ3v) is 11.9. The second kappa shape index (κ2) is 10.6. The molecule has 0 amide bonds. The topological polar surface area (TPSA) is 87.9 Å². The van der Waals surface area contributed by atoms with E-state index in [1.54, 1.807) is 12.1 Å². The summed E-state index contributed by atoms with van der Waals surface area (Å²) in [5.74, 6) is 0.801. The molecule has 8 heteroatoms. The highest BCUT2D eigenvalue weighted by molar-refractivity contribution is 6.78. The Morgan fingerprint density at radius 1 is 0.938 bits per heavy atom. The quantitative estimate of drug-likeness (QED) is 0.174. The minimum Gasteiger partial charge on any atom is -0.543 e. The summed E-state index contributed by atoms with van der Waals surface area (Å²) in [6.07, 6.45) is 0. The molecule has 0 bridgehead atoms. The molecule has 0 atom stereocenters. The molecule has 0 spiro atoms. The molecule has 2 aromatic rings. The summed E-state index contributed by atoms with van der Waals surface area (Å²) in [6, 6.07) is 11.4. The van der Waals surface area contributed by atoms with Crippen LogP contribution in [0.25, 0.3) is 0 Å². The van der Waals surface area contributed by atoms with Gasteiger partial charge in [0, 0.05) is 6.07 Å². The minimum atomic E-state index is -2.06. The molecule has 0 aliphatic rings. The summed E-state index contributed by atoms with van der Waals surface area (Å²) < 4.78 is 17.1. The highest BCUT2D eigenvalue weighted by Crippen LogP contribution is 2.42. The first-order valence-corrected chi connectivity index (χ1v) is 12.9. The molecular formula is C24H33NO6Si. The van der Waals surface area contributed by atoms with Gasteiger partial charge in [0.2, 0.25) is 0 Å². The molecule has 0 saturated heterocycles. The fourth-order valence-electron chi connectivity index (χ4n) is 4.45. The standard InChI is InChI=1S/C24H33NO6Si/c1-16(2)32(17(3)4,18(5)6)31-22-11-9-21(10-12-22)30-15-20-14-19(24(26)29-7)8-13-23(20)25(27)28/h8-14,16-18H,15H2,1-7H3. The number of methoxy groups -OCH3 is 1. The molecule has 0 fully saturated rings. The highest BCUT2D eigenvalue weighted by atomic mass is 28.4. The van der Waals surface area contributed by atoms with Crippen molar-refractivity contribution in [2.24, 2.45) is 0 Å². The van der Waals surface area contributed by atoms with Crippen LogP contribution >= 0.6 is 0 Å². The number of rotatable bonds is 10. The lowest BCUT2D eigenvalue weighted by molar-refractivity contribution is -0.385. The van der Waals surface area contributed by atoms with Crippen molar-refractivity contribution in [3.63, 3.8) is 0 Å². The average Bonchev–Trinajstić information content (AvgIpc) is 2.75. The van der Waals surface area contributed by atoms with Crippen molar-refractivity contribution in [3.8, 4) is 11.5 Å². The monoisotopic (exact) mass is 459 g/mol. The molecule has 174 valence electrons. The molecule has 0 unspecified atom stereocenters. The van der Waals surface area contributed by atoms with Crippen molar-refractivity contribution < 1.29 is 23.6 Å². The van der Waals surface area contributed by atoms with E-state index >= 15 is 0 Å². The van der Waals surface area contributed by atoms with E-state index in [1.165, 1.54) is 25.3 Å². The zero-order valence-corrected chi connectivity index (χ0v) is 20.9. The Hall–Kier alpha value is -2.87. The minimum absolute atomic E-state index is 0.0516. The molecule has 7 nitrogen and oxygen atoms in total. The van der Waals surface area contributed by atoms with Gasteiger partial charge in [0.25, 0.3) is 14.0 Å². The zero-order chi connectivity index (χ0) is 24.1. The largest absolute Gasteiger partial charge is 0.543 e. The third-order valence-electron chi connectivity index (χ3n) is 5.92. The van der Waals surface area contributed by atoms with Crippen molar-refractivity contribution in [3.05, 3.63) is 63.7 Å². The van der Waals surface area contributed by atoms with Gasteiger partial charge in [0.1, 0.15) is 18.1 Å². The van der Waals surface area contributed by atoms with Gasteiger partial charge < -0.3 is 13.9 Å². The van der Waals surface area contributed by atoms with Crippen molar-refractivity contribution in [1.82, 2.24) is 0 Å². The van der Waals surface area contributed by atoms with E-state index in [0.29, 0.717) is 27.9 Å². The fraction of sp³-hybridized carbons (Fsp3) is 0.458. The molecule has 2 rings (SSSR count). The molecule has 2 aromatic carbocycles. The van der Waals surface area contributed by atoms with Gasteiger partial charge in [-0.15, -0.1) is 0 Å². The van der Waals surface area contributed by atoms with Crippen molar-refractivity contribution in [1.29, 1.82) is 0 Å². The number of carbonyl (C=O) groups is 1. The number of nitrogens with zero attached hydrogens (tertiary/aromatic N) is 1. The fourth-order valence-corrected chi connectivity index (χ4v) is 9.70. The van der Waals surface area contributed by atoms with Gasteiger partial charge in [0.05, 0.1) is 23.2 Å². The Morgan fingerprint density at radius 3 is 1.94 bits per heavy atom. The number of hydrogen-bond donors (Lipinski definition) is 0. The van der Waals surface area contributed by atoms with Crippen LogP contribution < -0.4 is 9.16 Å².